The van der Waals surface area contributed by atoms with Gasteiger partial charge in [-0.2, -0.15) is 0 Å². The second-order valence-corrected chi connectivity index (χ2v) is 4.84. The highest BCUT2D eigenvalue weighted by atomic mass is 35.5. The van der Waals surface area contributed by atoms with Crippen LogP contribution in [-0.2, 0) is 20.9 Å². The maximum atomic E-state index is 11.7. The Hall–Kier alpha value is -1.79. The van der Waals surface area contributed by atoms with E-state index in [0.717, 1.165) is 5.56 Å². The van der Waals surface area contributed by atoms with Gasteiger partial charge in [-0.1, -0.05) is 30.3 Å². The molecule has 3 N–H and O–H groups in total. The quantitative estimate of drug-likeness (QED) is 0.746. The van der Waals surface area contributed by atoms with Crippen molar-refractivity contribution in [2.75, 3.05) is 7.11 Å². The smallest absolute Gasteiger partial charge is 0.408 e. The topological polar surface area (TPSA) is 90.6 Å². The molecular formula is C15H23ClN2O4. The molecule has 0 spiro atoms. The van der Waals surface area contributed by atoms with Gasteiger partial charge >= 0.3 is 12.1 Å². The molecule has 0 radical (unpaired) electrons. The van der Waals surface area contributed by atoms with Crippen molar-refractivity contribution in [3.8, 4) is 0 Å². The first-order valence-electron chi connectivity index (χ1n) is 6.83. The molecule has 2 atom stereocenters. The number of carbonyl (C=O) groups excluding carboxylic acids is 2. The third-order valence-corrected chi connectivity index (χ3v) is 2.90. The fourth-order valence-electron chi connectivity index (χ4n) is 1.73. The molecule has 1 rings (SSSR count). The molecule has 1 aromatic rings. The maximum Gasteiger partial charge on any atom is 0.408 e. The minimum absolute atomic E-state index is 0. The van der Waals surface area contributed by atoms with Gasteiger partial charge in [0, 0.05) is 6.04 Å². The molecule has 0 aliphatic heterocycles. The number of amides is 1. The first-order valence-corrected chi connectivity index (χ1v) is 6.83. The number of hydrogen-bond donors (Lipinski definition) is 2. The van der Waals surface area contributed by atoms with Gasteiger partial charge in [0.05, 0.1) is 7.11 Å². The lowest BCUT2D eigenvalue weighted by molar-refractivity contribution is -0.143. The van der Waals surface area contributed by atoms with Crippen molar-refractivity contribution in [1.82, 2.24) is 5.32 Å². The van der Waals surface area contributed by atoms with Gasteiger partial charge < -0.3 is 20.5 Å². The second kappa shape index (κ2) is 10.9. The molecule has 1 amide bonds. The van der Waals surface area contributed by atoms with E-state index in [2.05, 4.69) is 10.1 Å². The van der Waals surface area contributed by atoms with Gasteiger partial charge in [0.25, 0.3) is 0 Å². The van der Waals surface area contributed by atoms with E-state index in [0.29, 0.717) is 12.8 Å². The predicted octanol–water partition coefficient (Wildman–Crippen LogP) is 2.00. The summed E-state index contributed by atoms with van der Waals surface area (Å²) in [7, 11) is 1.28. The lowest BCUT2D eigenvalue weighted by Gasteiger charge is -2.17. The predicted molar refractivity (Wildman–Crippen MR) is 85.7 cm³/mol. The minimum atomic E-state index is -0.746. The van der Waals surface area contributed by atoms with Gasteiger partial charge in [-0.3, -0.25) is 0 Å². The average molecular weight is 331 g/mol. The summed E-state index contributed by atoms with van der Waals surface area (Å²) in [6.07, 6.45) is 0.350. The number of carbonyl (C=O) groups is 2. The van der Waals surface area contributed by atoms with Crippen molar-refractivity contribution in [3.63, 3.8) is 0 Å². The van der Waals surface area contributed by atoms with Crippen LogP contribution in [0, 0.1) is 0 Å². The Morgan fingerprint density at radius 3 is 2.41 bits per heavy atom. The van der Waals surface area contributed by atoms with Crippen molar-refractivity contribution in [3.05, 3.63) is 35.9 Å². The second-order valence-electron chi connectivity index (χ2n) is 4.84. The van der Waals surface area contributed by atoms with Gasteiger partial charge in [-0.15, -0.1) is 12.4 Å². The first-order chi connectivity index (χ1) is 10.0. The van der Waals surface area contributed by atoms with Gasteiger partial charge in [-0.25, -0.2) is 9.59 Å². The van der Waals surface area contributed by atoms with Crippen LogP contribution in [0.4, 0.5) is 4.79 Å². The van der Waals surface area contributed by atoms with Crippen molar-refractivity contribution in [2.24, 2.45) is 5.73 Å². The number of ether oxygens (including phenoxy) is 2. The number of esters is 1. The van der Waals surface area contributed by atoms with E-state index < -0.39 is 18.1 Å². The fourth-order valence-corrected chi connectivity index (χ4v) is 1.73. The van der Waals surface area contributed by atoms with Crippen LogP contribution in [-0.4, -0.2) is 31.3 Å². The third-order valence-electron chi connectivity index (χ3n) is 2.90. The average Bonchev–Trinajstić information content (AvgIpc) is 2.49. The molecule has 1 aromatic carbocycles. The van der Waals surface area contributed by atoms with Crippen LogP contribution in [0.3, 0.4) is 0 Å². The lowest BCUT2D eigenvalue weighted by Crippen LogP contribution is -2.42. The summed E-state index contributed by atoms with van der Waals surface area (Å²) in [5, 5.41) is 2.50. The Morgan fingerprint density at radius 1 is 1.23 bits per heavy atom. The largest absolute Gasteiger partial charge is 0.467 e. The summed E-state index contributed by atoms with van der Waals surface area (Å²) in [5.41, 5.74) is 6.52. The standard InChI is InChI=1S/C15H22N2O4.ClH/c1-11(16)8-9-13(14(18)20-2)17-15(19)21-10-12-6-4-3-5-7-12;/h3-7,11,13H,8-10,16H2,1-2H3,(H,17,19);1H. The molecule has 0 aliphatic rings. The van der Waals surface area contributed by atoms with Gasteiger partial charge in [0.15, 0.2) is 0 Å². The van der Waals surface area contributed by atoms with E-state index in [-0.39, 0.29) is 25.1 Å². The van der Waals surface area contributed by atoms with E-state index in [1.165, 1.54) is 7.11 Å². The van der Waals surface area contributed by atoms with Crippen LogP contribution in [0.15, 0.2) is 30.3 Å². The Kier molecular flexibility index (Phi) is 9.98. The summed E-state index contributed by atoms with van der Waals surface area (Å²) in [4.78, 5) is 23.3. The molecule has 0 saturated heterocycles. The summed E-state index contributed by atoms with van der Waals surface area (Å²) in [6, 6.07) is 8.49. The molecule has 6 nitrogen and oxygen atoms in total. The van der Waals surface area contributed by atoms with Crippen molar-refractivity contribution in [1.29, 1.82) is 0 Å². The molecule has 0 bridgehead atoms. The summed E-state index contributed by atoms with van der Waals surface area (Å²) < 4.78 is 9.73. The molecule has 22 heavy (non-hydrogen) atoms. The number of hydrogen-bond acceptors (Lipinski definition) is 5. The van der Waals surface area contributed by atoms with E-state index in [1.807, 2.05) is 37.3 Å². The number of nitrogens with two attached hydrogens (primary N) is 1. The zero-order valence-electron chi connectivity index (χ0n) is 12.8. The van der Waals surface area contributed by atoms with Gasteiger partial charge in [-0.05, 0) is 25.3 Å². The molecule has 2 unspecified atom stereocenters. The molecule has 7 heteroatoms. The zero-order chi connectivity index (χ0) is 15.7. The van der Waals surface area contributed by atoms with E-state index >= 15 is 0 Å². The number of halogens is 1. The van der Waals surface area contributed by atoms with Crippen molar-refractivity contribution in [2.45, 2.75) is 38.5 Å². The van der Waals surface area contributed by atoms with Crippen LogP contribution in [0.1, 0.15) is 25.3 Å². The molecule has 0 saturated carbocycles. The highest BCUT2D eigenvalue weighted by Gasteiger charge is 2.22. The van der Waals surface area contributed by atoms with Crippen LogP contribution >= 0.6 is 12.4 Å². The molecule has 0 fully saturated rings. The molecule has 124 valence electrons. The Bertz CT molecular complexity index is 454. The van der Waals surface area contributed by atoms with E-state index in [9.17, 15) is 9.59 Å². The fraction of sp³-hybridized carbons (Fsp3) is 0.467. The van der Waals surface area contributed by atoms with Gasteiger partial charge in [0.1, 0.15) is 12.6 Å². The molecule has 0 aliphatic carbocycles. The highest BCUT2D eigenvalue weighted by Crippen LogP contribution is 2.04. The number of benzene rings is 1. The SMILES string of the molecule is COC(=O)C(CCC(C)N)NC(=O)OCc1ccccc1.Cl. The van der Waals surface area contributed by atoms with Crippen LogP contribution in [0.5, 0.6) is 0 Å². The Morgan fingerprint density at radius 2 is 1.86 bits per heavy atom. The third kappa shape index (κ3) is 7.85. The molecule has 0 aromatic heterocycles. The Balaban J connectivity index is 0.00000441. The van der Waals surface area contributed by atoms with Crippen molar-refractivity contribution < 1.29 is 19.1 Å². The molecule has 0 heterocycles. The summed E-state index contributed by atoms with van der Waals surface area (Å²) in [5.74, 6) is -0.507. The van der Waals surface area contributed by atoms with Crippen LogP contribution < -0.4 is 11.1 Å². The first kappa shape index (κ1) is 20.2. The number of alkyl carbamates (subject to hydrolysis) is 1. The zero-order valence-corrected chi connectivity index (χ0v) is 13.6. The monoisotopic (exact) mass is 330 g/mol. The number of nitrogens with one attached hydrogen (secondary N) is 1. The number of rotatable bonds is 7. The van der Waals surface area contributed by atoms with Crippen LogP contribution in [0.2, 0.25) is 0 Å². The molecular weight excluding hydrogens is 308 g/mol. The van der Waals surface area contributed by atoms with Crippen molar-refractivity contribution >= 4 is 24.5 Å². The van der Waals surface area contributed by atoms with E-state index in [4.69, 9.17) is 10.5 Å². The highest BCUT2D eigenvalue weighted by molar-refractivity contribution is 5.85. The summed E-state index contributed by atoms with van der Waals surface area (Å²) >= 11 is 0. The Labute approximate surface area is 136 Å². The normalized spacial score (nSPS) is 12.5. The number of methoxy groups -OCH3 is 1. The lowest BCUT2D eigenvalue weighted by atomic mass is 10.1. The minimum Gasteiger partial charge on any atom is -0.467 e. The van der Waals surface area contributed by atoms with Gasteiger partial charge in [0.2, 0.25) is 0 Å². The summed E-state index contributed by atoms with van der Waals surface area (Å²) in [6.45, 7) is 1.98. The van der Waals surface area contributed by atoms with E-state index in [1.54, 1.807) is 0 Å². The maximum absolute atomic E-state index is 11.7. The van der Waals surface area contributed by atoms with Crippen LogP contribution in [0.25, 0.3) is 0 Å².